The summed E-state index contributed by atoms with van der Waals surface area (Å²) in [6.07, 6.45) is 1.57. The van der Waals surface area contributed by atoms with Crippen LogP contribution in [0.1, 0.15) is 19.2 Å². The molecular formula is C17H15FN2O. The Hall–Kier alpha value is -2.49. The molecule has 0 radical (unpaired) electrons. The molecule has 0 aliphatic heterocycles. The van der Waals surface area contributed by atoms with E-state index < -0.39 is 5.82 Å². The summed E-state index contributed by atoms with van der Waals surface area (Å²) in [4.78, 5) is 17.3. The molecule has 3 rings (SSSR count). The fourth-order valence-electron chi connectivity index (χ4n) is 2.44. The lowest BCUT2D eigenvalue weighted by molar-refractivity contribution is 0.629. The second-order valence-electron chi connectivity index (χ2n) is 4.92. The third-order valence-corrected chi connectivity index (χ3v) is 3.39. The monoisotopic (exact) mass is 282 g/mol. The van der Waals surface area contributed by atoms with Crippen molar-refractivity contribution in [2.45, 2.75) is 19.8 Å². The highest BCUT2D eigenvalue weighted by molar-refractivity contribution is 5.78. The lowest BCUT2D eigenvalue weighted by Crippen LogP contribution is -2.24. The van der Waals surface area contributed by atoms with Crippen molar-refractivity contribution in [1.29, 1.82) is 0 Å². The Morgan fingerprint density at radius 2 is 1.90 bits per heavy atom. The Morgan fingerprint density at radius 1 is 1.14 bits per heavy atom. The summed E-state index contributed by atoms with van der Waals surface area (Å²) in [6, 6.07) is 13.5. The summed E-state index contributed by atoms with van der Waals surface area (Å²) in [5.74, 6) is 0.275. The third-order valence-electron chi connectivity index (χ3n) is 3.39. The van der Waals surface area contributed by atoms with E-state index in [0.29, 0.717) is 23.1 Å². The molecule has 0 bridgehead atoms. The SMILES string of the molecule is CCCc1nc2ccc(F)cc2c(=O)n1-c1ccccc1. The van der Waals surface area contributed by atoms with Crippen molar-refractivity contribution in [1.82, 2.24) is 9.55 Å². The molecule has 3 nitrogen and oxygen atoms in total. The van der Waals surface area contributed by atoms with Crippen molar-refractivity contribution in [3.8, 4) is 5.69 Å². The summed E-state index contributed by atoms with van der Waals surface area (Å²) >= 11 is 0. The van der Waals surface area contributed by atoms with Crippen LogP contribution in [0.4, 0.5) is 4.39 Å². The van der Waals surface area contributed by atoms with E-state index in [-0.39, 0.29) is 5.56 Å². The molecule has 0 spiro atoms. The largest absolute Gasteiger partial charge is 0.268 e. The first kappa shape index (κ1) is 13.5. The molecule has 0 atom stereocenters. The summed E-state index contributed by atoms with van der Waals surface area (Å²) in [5, 5.41) is 0.304. The van der Waals surface area contributed by atoms with Crippen LogP contribution in [0.3, 0.4) is 0 Å². The minimum absolute atomic E-state index is 0.228. The number of para-hydroxylation sites is 1. The van der Waals surface area contributed by atoms with E-state index in [1.807, 2.05) is 37.3 Å². The normalized spacial score (nSPS) is 11.0. The average Bonchev–Trinajstić information content (AvgIpc) is 2.50. The summed E-state index contributed by atoms with van der Waals surface area (Å²) in [5.41, 5.74) is 1.07. The predicted molar refractivity (Wildman–Crippen MR) is 81.3 cm³/mol. The quantitative estimate of drug-likeness (QED) is 0.737. The van der Waals surface area contributed by atoms with Crippen LogP contribution in [-0.4, -0.2) is 9.55 Å². The van der Waals surface area contributed by atoms with Gasteiger partial charge in [0.2, 0.25) is 0 Å². The van der Waals surface area contributed by atoms with Gasteiger partial charge in [-0.05, 0) is 36.8 Å². The maximum atomic E-state index is 13.4. The smallest absolute Gasteiger partial charge is 0.266 e. The molecule has 0 unspecified atom stereocenters. The second-order valence-corrected chi connectivity index (χ2v) is 4.92. The second kappa shape index (κ2) is 5.48. The highest BCUT2D eigenvalue weighted by Gasteiger charge is 2.12. The topological polar surface area (TPSA) is 34.9 Å². The minimum Gasteiger partial charge on any atom is -0.268 e. The Morgan fingerprint density at radius 3 is 2.62 bits per heavy atom. The standard InChI is InChI=1S/C17H15FN2O/c1-2-6-16-19-15-10-9-12(18)11-14(15)17(21)20(16)13-7-4-3-5-8-13/h3-5,7-11H,2,6H2,1H3. The van der Waals surface area contributed by atoms with Gasteiger partial charge < -0.3 is 0 Å². The molecule has 3 aromatic rings. The van der Waals surface area contributed by atoms with Gasteiger partial charge in [0.15, 0.2) is 0 Å². The van der Waals surface area contributed by atoms with Crippen LogP contribution in [0.5, 0.6) is 0 Å². The lowest BCUT2D eigenvalue weighted by Gasteiger charge is -2.13. The molecule has 0 saturated heterocycles. The van der Waals surface area contributed by atoms with Crippen LogP contribution in [0.25, 0.3) is 16.6 Å². The number of hydrogen-bond acceptors (Lipinski definition) is 2. The maximum absolute atomic E-state index is 13.4. The van der Waals surface area contributed by atoms with Crippen LogP contribution in [0.2, 0.25) is 0 Å². The molecule has 4 heteroatoms. The zero-order chi connectivity index (χ0) is 14.8. The average molecular weight is 282 g/mol. The van der Waals surface area contributed by atoms with E-state index in [4.69, 9.17) is 0 Å². The van der Waals surface area contributed by atoms with Gasteiger partial charge >= 0.3 is 0 Å². The van der Waals surface area contributed by atoms with E-state index in [0.717, 1.165) is 12.1 Å². The van der Waals surface area contributed by atoms with Crippen molar-refractivity contribution in [2.24, 2.45) is 0 Å². The van der Waals surface area contributed by atoms with E-state index >= 15 is 0 Å². The lowest BCUT2D eigenvalue weighted by atomic mass is 10.2. The number of nitrogens with zero attached hydrogens (tertiary/aromatic N) is 2. The molecule has 0 amide bonds. The molecule has 0 saturated carbocycles. The van der Waals surface area contributed by atoms with Crippen molar-refractivity contribution in [2.75, 3.05) is 0 Å². The fourth-order valence-corrected chi connectivity index (χ4v) is 2.44. The number of aryl methyl sites for hydroxylation is 1. The number of halogens is 1. The van der Waals surface area contributed by atoms with Gasteiger partial charge in [-0.1, -0.05) is 25.1 Å². The van der Waals surface area contributed by atoms with Crippen molar-refractivity contribution in [3.63, 3.8) is 0 Å². The number of aromatic nitrogens is 2. The summed E-state index contributed by atoms with van der Waals surface area (Å²) in [6.45, 7) is 2.04. The minimum atomic E-state index is -0.427. The first-order valence-corrected chi connectivity index (χ1v) is 6.97. The van der Waals surface area contributed by atoms with Crippen molar-refractivity contribution >= 4 is 10.9 Å². The Balaban J connectivity index is 2.37. The van der Waals surface area contributed by atoms with E-state index in [1.54, 1.807) is 10.6 Å². The van der Waals surface area contributed by atoms with Crippen LogP contribution < -0.4 is 5.56 Å². The number of rotatable bonds is 3. The van der Waals surface area contributed by atoms with E-state index in [9.17, 15) is 9.18 Å². The van der Waals surface area contributed by atoms with Gasteiger partial charge in [-0.2, -0.15) is 0 Å². The molecular weight excluding hydrogens is 267 g/mol. The molecule has 0 fully saturated rings. The number of fused-ring (bicyclic) bond motifs is 1. The Labute approximate surface area is 121 Å². The first-order chi connectivity index (χ1) is 10.2. The van der Waals surface area contributed by atoms with Crippen molar-refractivity contribution in [3.05, 3.63) is 70.5 Å². The van der Waals surface area contributed by atoms with Crippen LogP contribution >= 0.6 is 0 Å². The Bertz CT molecular complexity index is 841. The zero-order valence-corrected chi connectivity index (χ0v) is 11.7. The predicted octanol–water partition coefficient (Wildman–Crippen LogP) is 3.48. The molecule has 1 heterocycles. The van der Waals surface area contributed by atoms with Gasteiger partial charge in [-0.3, -0.25) is 9.36 Å². The molecule has 0 aliphatic rings. The summed E-state index contributed by atoms with van der Waals surface area (Å²) in [7, 11) is 0. The van der Waals surface area contributed by atoms with Crippen LogP contribution in [0.15, 0.2) is 53.3 Å². The molecule has 0 N–H and O–H groups in total. The van der Waals surface area contributed by atoms with Gasteiger partial charge in [0, 0.05) is 6.42 Å². The zero-order valence-electron chi connectivity index (χ0n) is 11.7. The molecule has 1 aromatic heterocycles. The third kappa shape index (κ3) is 2.44. The molecule has 0 aliphatic carbocycles. The number of hydrogen-bond donors (Lipinski definition) is 0. The van der Waals surface area contributed by atoms with Gasteiger partial charge in [0.05, 0.1) is 16.6 Å². The first-order valence-electron chi connectivity index (χ1n) is 6.97. The molecule has 21 heavy (non-hydrogen) atoms. The highest BCUT2D eigenvalue weighted by Crippen LogP contribution is 2.15. The van der Waals surface area contributed by atoms with Crippen molar-refractivity contribution < 1.29 is 4.39 Å². The van der Waals surface area contributed by atoms with E-state index in [1.165, 1.54) is 12.1 Å². The van der Waals surface area contributed by atoms with Gasteiger partial charge in [0.1, 0.15) is 11.6 Å². The summed E-state index contributed by atoms with van der Waals surface area (Å²) < 4.78 is 15.0. The number of benzene rings is 2. The van der Waals surface area contributed by atoms with Gasteiger partial charge in [0.25, 0.3) is 5.56 Å². The fraction of sp³-hybridized carbons (Fsp3) is 0.176. The van der Waals surface area contributed by atoms with Crippen LogP contribution in [-0.2, 0) is 6.42 Å². The van der Waals surface area contributed by atoms with Gasteiger partial charge in [-0.15, -0.1) is 0 Å². The highest BCUT2D eigenvalue weighted by atomic mass is 19.1. The van der Waals surface area contributed by atoms with Crippen LogP contribution in [0, 0.1) is 5.82 Å². The van der Waals surface area contributed by atoms with Gasteiger partial charge in [-0.25, -0.2) is 9.37 Å². The maximum Gasteiger partial charge on any atom is 0.266 e. The van der Waals surface area contributed by atoms with E-state index in [2.05, 4.69) is 4.98 Å². The Kier molecular flexibility index (Phi) is 3.52. The molecule has 106 valence electrons. The molecule has 2 aromatic carbocycles.